The first-order valence-electron chi connectivity index (χ1n) is 7.56. The summed E-state index contributed by atoms with van der Waals surface area (Å²) in [6.45, 7) is 0.383. The van der Waals surface area contributed by atoms with Crippen LogP contribution in [0.4, 0.5) is 13.2 Å². The molecule has 0 spiro atoms. The SMILES string of the molecule is CN1C[C@@H]2CN(S(=O)(=O)c3cccc(C(F)(F)F)c3)C[C@]2(C(=O)O)C1. The smallest absolute Gasteiger partial charge is 0.416 e. The Morgan fingerprint density at radius 3 is 2.52 bits per heavy atom. The molecule has 2 atom stereocenters. The summed E-state index contributed by atoms with van der Waals surface area (Å²) >= 11 is 0. The Morgan fingerprint density at radius 2 is 1.96 bits per heavy atom. The first kappa shape index (κ1) is 18.2. The minimum atomic E-state index is -4.65. The van der Waals surface area contributed by atoms with E-state index < -0.39 is 44.0 Å². The van der Waals surface area contributed by atoms with Crippen LogP contribution < -0.4 is 0 Å². The van der Waals surface area contributed by atoms with Gasteiger partial charge in [-0.25, -0.2) is 8.42 Å². The molecule has 0 aromatic heterocycles. The van der Waals surface area contributed by atoms with E-state index in [1.807, 2.05) is 4.90 Å². The number of aliphatic carboxylic acids is 1. The number of alkyl halides is 3. The zero-order valence-electron chi connectivity index (χ0n) is 13.3. The zero-order valence-corrected chi connectivity index (χ0v) is 14.1. The molecular weight excluding hydrogens is 361 g/mol. The Kier molecular flexibility index (Phi) is 4.12. The molecule has 0 radical (unpaired) electrons. The monoisotopic (exact) mass is 378 g/mol. The van der Waals surface area contributed by atoms with E-state index in [1.54, 1.807) is 7.05 Å². The van der Waals surface area contributed by atoms with Gasteiger partial charge in [-0.05, 0) is 25.2 Å². The summed E-state index contributed by atoms with van der Waals surface area (Å²) in [5, 5.41) is 9.60. The third-order valence-corrected chi connectivity index (χ3v) is 6.78. The number of carbonyl (C=O) groups is 1. The van der Waals surface area contributed by atoms with Crippen molar-refractivity contribution in [3.63, 3.8) is 0 Å². The van der Waals surface area contributed by atoms with Gasteiger partial charge in [0.2, 0.25) is 10.0 Å². The van der Waals surface area contributed by atoms with Crippen molar-refractivity contribution >= 4 is 16.0 Å². The number of hydrogen-bond donors (Lipinski definition) is 1. The molecule has 2 aliphatic heterocycles. The van der Waals surface area contributed by atoms with Crippen LogP contribution in [0.15, 0.2) is 29.2 Å². The highest BCUT2D eigenvalue weighted by molar-refractivity contribution is 7.89. The molecule has 1 N–H and O–H groups in total. The number of likely N-dealkylation sites (tertiary alicyclic amines) is 1. The van der Waals surface area contributed by atoms with Crippen molar-refractivity contribution in [1.29, 1.82) is 0 Å². The van der Waals surface area contributed by atoms with Crippen molar-refractivity contribution in [2.24, 2.45) is 11.3 Å². The molecule has 1 aromatic rings. The van der Waals surface area contributed by atoms with Crippen LogP contribution in [-0.2, 0) is 21.0 Å². The first-order valence-corrected chi connectivity index (χ1v) is 9.00. The van der Waals surface area contributed by atoms with Crippen molar-refractivity contribution in [2.45, 2.75) is 11.1 Å². The maximum Gasteiger partial charge on any atom is 0.416 e. The maximum absolute atomic E-state index is 12.8. The summed E-state index contributed by atoms with van der Waals surface area (Å²) in [7, 11) is -2.44. The highest BCUT2D eigenvalue weighted by Crippen LogP contribution is 2.44. The molecule has 2 fully saturated rings. The lowest BCUT2D eigenvalue weighted by atomic mass is 9.81. The molecule has 0 unspecified atom stereocenters. The van der Waals surface area contributed by atoms with Gasteiger partial charge in [-0.1, -0.05) is 6.07 Å². The predicted octanol–water partition coefficient (Wildman–Crippen LogP) is 1.34. The molecular formula is C15H17F3N2O4S. The average Bonchev–Trinajstić information content (AvgIpc) is 3.01. The molecule has 25 heavy (non-hydrogen) atoms. The second-order valence-corrected chi connectivity index (χ2v) is 8.62. The Balaban J connectivity index is 1.94. The third-order valence-electron chi connectivity index (χ3n) is 4.97. The van der Waals surface area contributed by atoms with Crippen molar-refractivity contribution in [1.82, 2.24) is 9.21 Å². The lowest BCUT2D eigenvalue weighted by Crippen LogP contribution is -2.41. The molecule has 2 heterocycles. The van der Waals surface area contributed by atoms with Crippen molar-refractivity contribution < 1.29 is 31.5 Å². The fourth-order valence-corrected chi connectivity index (χ4v) is 5.34. The molecule has 2 aliphatic rings. The molecule has 0 amide bonds. The van der Waals surface area contributed by atoms with Gasteiger partial charge in [-0.3, -0.25) is 4.79 Å². The fraction of sp³-hybridized carbons (Fsp3) is 0.533. The highest BCUT2D eigenvalue weighted by Gasteiger charge is 2.59. The van der Waals surface area contributed by atoms with E-state index in [1.165, 1.54) is 0 Å². The van der Waals surface area contributed by atoms with Crippen LogP contribution in [0.25, 0.3) is 0 Å². The van der Waals surface area contributed by atoms with Gasteiger partial charge < -0.3 is 10.0 Å². The molecule has 6 nitrogen and oxygen atoms in total. The summed E-state index contributed by atoms with van der Waals surface area (Å²) in [6.07, 6.45) is -4.65. The number of halogens is 3. The van der Waals surface area contributed by atoms with Crippen LogP contribution in [0, 0.1) is 11.3 Å². The summed E-state index contributed by atoms with van der Waals surface area (Å²) in [6, 6.07) is 3.51. The van der Waals surface area contributed by atoms with Gasteiger partial charge in [0.05, 0.1) is 15.9 Å². The van der Waals surface area contributed by atoms with Crippen LogP contribution in [0.2, 0.25) is 0 Å². The van der Waals surface area contributed by atoms with Crippen molar-refractivity contribution in [2.75, 3.05) is 33.2 Å². The summed E-state index contributed by atoms with van der Waals surface area (Å²) in [5.74, 6) is -1.47. The average molecular weight is 378 g/mol. The fourth-order valence-electron chi connectivity index (χ4n) is 3.74. The van der Waals surface area contributed by atoms with Gasteiger partial charge in [0.25, 0.3) is 0 Å². The van der Waals surface area contributed by atoms with Crippen LogP contribution in [0.3, 0.4) is 0 Å². The third kappa shape index (κ3) is 2.91. The van der Waals surface area contributed by atoms with Crippen molar-refractivity contribution in [3.05, 3.63) is 29.8 Å². The van der Waals surface area contributed by atoms with E-state index in [-0.39, 0.29) is 19.6 Å². The molecule has 1 aromatic carbocycles. The van der Waals surface area contributed by atoms with Crippen LogP contribution in [-0.4, -0.2) is 61.9 Å². The second kappa shape index (κ2) is 5.68. The Labute approximate surface area is 142 Å². The van der Waals surface area contributed by atoms with E-state index in [9.17, 15) is 31.5 Å². The standard InChI is InChI=1S/C15H17F3N2O4S/c1-19-6-11-7-20(9-14(11,8-19)13(21)22)25(23,24)12-4-2-3-10(5-12)15(16,17)18/h2-5,11H,6-9H2,1H3,(H,21,22)/t11-,14-/m1/s1. The number of carboxylic acid groups (broad SMARTS) is 1. The number of fused-ring (bicyclic) bond motifs is 1. The van der Waals surface area contributed by atoms with Gasteiger partial charge in [0.1, 0.15) is 0 Å². The van der Waals surface area contributed by atoms with E-state index in [2.05, 4.69) is 0 Å². The number of hydrogen-bond acceptors (Lipinski definition) is 4. The van der Waals surface area contributed by atoms with Gasteiger partial charge in [0, 0.05) is 32.1 Å². The Morgan fingerprint density at radius 1 is 1.28 bits per heavy atom. The molecule has 138 valence electrons. The Hall–Kier alpha value is -1.65. The second-order valence-electron chi connectivity index (χ2n) is 6.68. The lowest BCUT2D eigenvalue weighted by molar-refractivity contribution is -0.148. The first-order chi connectivity index (χ1) is 11.5. The van der Waals surface area contributed by atoms with Gasteiger partial charge in [0.15, 0.2) is 0 Å². The minimum Gasteiger partial charge on any atom is -0.481 e. The molecule has 0 aliphatic carbocycles. The number of sulfonamides is 1. The highest BCUT2D eigenvalue weighted by atomic mass is 32.2. The van der Waals surface area contributed by atoms with E-state index in [0.717, 1.165) is 22.5 Å². The predicted molar refractivity (Wildman–Crippen MR) is 81.3 cm³/mol. The van der Waals surface area contributed by atoms with Crippen LogP contribution >= 0.6 is 0 Å². The molecule has 10 heteroatoms. The van der Waals surface area contributed by atoms with Crippen LogP contribution in [0.5, 0.6) is 0 Å². The normalized spacial score (nSPS) is 28.2. The largest absolute Gasteiger partial charge is 0.481 e. The number of benzene rings is 1. The number of rotatable bonds is 3. The molecule has 3 rings (SSSR count). The van der Waals surface area contributed by atoms with Gasteiger partial charge in [-0.2, -0.15) is 17.5 Å². The van der Waals surface area contributed by atoms with Gasteiger partial charge >= 0.3 is 12.1 Å². The van der Waals surface area contributed by atoms with Gasteiger partial charge in [-0.15, -0.1) is 0 Å². The Bertz CT molecular complexity index is 811. The topological polar surface area (TPSA) is 77.9 Å². The minimum absolute atomic E-state index is 0.0186. The number of nitrogens with zero attached hydrogens (tertiary/aromatic N) is 2. The number of carboxylic acids is 1. The van der Waals surface area contributed by atoms with E-state index >= 15 is 0 Å². The van der Waals surface area contributed by atoms with Crippen LogP contribution in [0.1, 0.15) is 5.56 Å². The molecule has 0 bridgehead atoms. The maximum atomic E-state index is 12.8. The van der Waals surface area contributed by atoms with Crippen molar-refractivity contribution in [3.8, 4) is 0 Å². The summed E-state index contributed by atoms with van der Waals surface area (Å²) < 4.78 is 65.0. The zero-order chi connectivity index (χ0) is 18.6. The molecule has 2 saturated heterocycles. The molecule has 0 saturated carbocycles. The summed E-state index contributed by atoms with van der Waals surface area (Å²) in [5.41, 5.74) is -2.27. The van der Waals surface area contributed by atoms with E-state index in [0.29, 0.717) is 12.6 Å². The summed E-state index contributed by atoms with van der Waals surface area (Å²) in [4.78, 5) is 13.1. The lowest BCUT2D eigenvalue weighted by Gasteiger charge is -2.24. The quantitative estimate of drug-likeness (QED) is 0.859. The van der Waals surface area contributed by atoms with E-state index in [4.69, 9.17) is 0 Å².